The maximum Gasteiger partial charge on any atom is 0.342 e. The van der Waals surface area contributed by atoms with E-state index in [0.717, 1.165) is 5.69 Å². The van der Waals surface area contributed by atoms with Crippen molar-refractivity contribution in [2.24, 2.45) is 0 Å². The van der Waals surface area contributed by atoms with Crippen LogP contribution in [0.25, 0.3) is 11.0 Å². The molecule has 0 aliphatic rings. The fourth-order valence-electron chi connectivity index (χ4n) is 2.61. The number of halogens is 1. The number of nitrogens with zero attached hydrogens (tertiary/aromatic N) is 2. The molecule has 3 rings (SSSR count). The van der Waals surface area contributed by atoms with Gasteiger partial charge in [0.1, 0.15) is 11.4 Å². The average Bonchev–Trinajstić information content (AvgIpc) is 2.57. The van der Waals surface area contributed by atoms with E-state index >= 15 is 0 Å². The highest BCUT2D eigenvalue weighted by Crippen LogP contribution is 2.30. The number of carbonyl (C=O) groups is 1. The van der Waals surface area contributed by atoms with Crippen LogP contribution in [0, 0.1) is 19.7 Å². The third-order valence-electron chi connectivity index (χ3n) is 3.86. The van der Waals surface area contributed by atoms with Crippen LogP contribution in [0.5, 0.6) is 0 Å². The summed E-state index contributed by atoms with van der Waals surface area (Å²) in [5, 5.41) is 3.90. The first-order valence-corrected chi connectivity index (χ1v) is 8.35. The second kappa shape index (κ2) is 7.07. The summed E-state index contributed by atoms with van der Waals surface area (Å²) in [4.78, 5) is 21.2. The van der Waals surface area contributed by atoms with E-state index in [-0.39, 0.29) is 11.9 Å². The Labute approximate surface area is 151 Å². The molecule has 0 radical (unpaired) electrons. The summed E-state index contributed by atoms with van der Waals surface area (Å²) in [6.07, 6.45) is 1.20. The summed E-state index contributed by atoms with van der Waals surface area (Å²) in [6.45, 7) is 7.13. The lowest BCUT2D eigenvalue weighted by atomic mass is 10.1. The number of aromatic nitrogens is 2. The first-order valence-electron chi connectivity index (χ1n) is 8.35. The first-order chi connectivity index (χ1) is 12.3. The predicted octanol–water partition coefficient (Wildman–Crippen LogP) is 4.69. The summed E-state index contributed by atoms with van der Waals surface area (Å²) in [5.74, 6) is -0.761. The van der Waals surface area contributed by atoms with Gasteiger partial charge in [-0.05, 0) is 63.6 Å². The molecule has 1 aromatic carbocycles. The van der Waals surface area contributed by atoms with Crippen molar-refractivity contribution in [2.75, 3.05) is 5.32 Å². The largest absolute Gasteiger partial charge is 0.459 e. The third-order valence-corrected chi connectivity index (χ3v) is 3.86. The standard InChI is InChI=1S/C20H20FN3O2/c1-11(2)26-20(25)16-10-22-19-15(7-5-13(4)23-19)18(16)24-14-6-8-17(21)12(3)9-14/h5-11H,1-4H3,(H,22,23,24). The number of pyridine rings is 2. The number of aryl methyl sites for hydroxylation is 2. The highest BCUT2D eigenvalue weighted by atomic mass is 19.1. The van der Waals surface area contributed by atoms with Gasteiger partial charge in [0.15, 0.2) is 5.65 Å². The minimum atomic E-state index is -0.476. The summed E-state index contributed by atoms with van der Waals surface area (Å²) in [6, 6.07) is 8.39. The number of rotatable bonds is 4. The van der Waals surface area contributed by atoms with Crippen LogP contribution >= 0.6 is 0 Å². The predicted molar refractivity (Wildman–Crippen MR) is 99.2 cm³/mol. The van der Waals surface area contributed by atoms with E-state index in [1.807, 2.05) is 19.1 Å². The maximum atomic E-state index is 13.6. The number of benzene rings is 1. The van der Waals surface area contributed by atoms with E-state index in [1.54, 1.807) is 32.9 Å². The molecule has 2 heterocycles. The van der Waals surface area contributed by atoms with Crippen molar-refractivity contribution in [1.82, 2.24) is 9.97 Å². The lowest BCUT2D eigenvalue weighted by Gasteiger charge is -2.16. The van der Waals surface area contributed by atoms with Crippen LogP contribution in [-0.4, -0.2) is 22.0 Å². The van der Waals surface area contributed by atoms with Gasteiger partial charge in [-0.1, -0.05) is 0 Å². The average molecular weight is 353 g/mol. The number of ether oxygens (including phenoxy) is 1. The molecule has 0 aliphatic carbocycles. The topological polar surface area (TPSA) is 64.1 Å². The highest BCUT2D eigenvalue weighted by molar-refractivity contribution is 6.05. The Balaban J connectivity index is 2.14. The van der Waals surface area contributed by atoms with Crippen LogP contribution in [0.3, 0.4) is 0 Å². The molecule has 2 aromatic heterocycles. The van der Waals surface area contributed by atoms with Crippen molar-refractivity contribution in [3.8, 4) is 0 Å². The van der Waals surface area contributed by atoms with Crippen molar-refractivity contribution in [3.63, 3.8) is 0 Å². The van der Waals surface area contributed by atoms with E-state index in [1.165, 1.54) is 12.3 Å². The summed E-state index contributed by atoms with van der Waals surface area (Å²) < 4.78 is 18.9. The van der Waals surface area contributed by atoms with Crippen molar-refractivity contribution >= 4 is 28.4 Å². The van der Waals surface area contributed by atoms with E-state index in [9.17, 15) is 9.18 Å². The molecule has 0 fully saturated rings. The molecular weight excluding hydrogens is 333 g/mol. The fraction of sp³-hybridized carbons (Fsp3) is 0.250. The van der Waals surface area contributed by atoms with E-state index in [4.69, 9.17) is 4.74 Å². The second-order valence-corrected chi connectivity index (χ2v) is 6.41. The van der Waals surface area contributed by atoms with Crippen LogP contribution in [0.1, 0.15) is 35.5 Å². The fourth-order valence-corrected chi connectivity index (χ4v) is 2.61. The number of hydrogen-bond donors (Lipinski definition) is 1. The zero-order valence-corrected chi connectivity index (χ0v) is 15.1. The normalized spacial score (nSPS) is 11.0. The molecule has 6 heteroatoms. The van der Waals surface area contributed by atoms with Crippen LogP contribution in [0.4, 0.5) is 15.8 Å². The molecule has 0 aliphatic heterocycles. The number of hydrogen-bond acceptors (Lipinski definition) is 5. The Morgan fingerprint density at radius 3 is 2.65 bits per heavy atom. The van der Waals surface area contributed by atoms with Gasteiger partial charge in [-0.3, -0.25) is 0 Å². The van der Waals surface area contributed by atoms with Gasteiger partial charge in [-0.15, -0.1) is 0 Å². The van der Waals surface area contributed by atoms with Gasteiger partial charge >= 0.3 is 5.97 Å². The summed E-state index contributed by atoms with van der Waals surface area (Å²) in [7, 11) is 0. The third kappa shape index (κ3) is 3.64. The van der Waals surface area contributed by atoms with E-state index in [0.29, 0.717) is 33.5 Å². The Morgan fingerprint density at radius 2 is 1.96 bits per heavy atom. The van der Waals surface area contributed by atoms with E-state index in [2.05, 4.69) is 15.3 Å². The molecule has 0 unspecified atom stereocenters. The molecule has 1 N–H and O–H groups in total. The van der Waals surface area contributed by atoms with Crippen molar-refractivity contribution in [2.45, 2.75) is 33.8 Å². The number of anilines is 2. The molecule has 5 nitrogen and oxygen atoms in total. The van der Waals surface area contributed by atoms with E-state index < -0.39 is 5.97 Å². The number of carbonyl (C=O) groups excluding carboxylic acids is 1. The molecule has 0 bridgehead atoms. The molecule has 0 spiro atoms. The minimum absolute atomic E-state index is 0.254. The zero-order chi connectivity index (χ0) is 18.8. The Kier molecular flexibility index (Phi) is 4.84. The molecule has 134 valence electrons. The Bertz CT molecular complexity index is 986. The summed E-state index contributed by atoms with van der Waals surface area (Å²) >= 11 is 0. The van der Waals surface area contributed by atoms with Gasteiger partial charge in [0.2, 0.25) is 0 Å². The van der Waals surface area contributed by atoms with Crippen LogP contribution in [0.15, 0.2) is 36.5 Å². The zero-order valence-electron chi connectivity index (χ0n) is 15.1. The Hall–Kier alpha value is -3.02. The monoisotopic (exact) mass is 353 g/mol. The molecule has 0 atom stereocenters. The number of esters is 1. The SMILES string of the molecule is Cc1ccc2c(Nc3ccc(F)c(C)c3)c(C(=O)OC(C)C)cnc2n1. The van der Waals surface area contributed by atoms with Gasteiger partial charge in [-0.25, -0.2) is 19.2 Å². The second-order valence-electron chi connectivity index (χ2n) is 6.41. The van der Waals surface area contributed by atoms with Gasteiger partial charge < -0.3 is 10.1 Å². The smallest absolute Gasteiger partial charge is 0.342 e. The number of fused-ring (bicyclic) bond motifs is 1. The van der Waals surface area contributed by atoms with Crippen molar-refractivity contribution in [1.29, 1.82) is 0 Å². The van der Waals surface area contributed by atoms with Gasteiger partial charge in [-0.2, -0.15) is 0 Å². The van der Waals surface area contributed by atoms with Crippen LogP contribution < -0.4 is 5.32 Å². The Morgan fingerprint density at radius 1 is 1.19 bits per heavy atom. The maximum absolute atomic E-state index is 13.6. The number of nitrogens with one attached hydrogen (secondary N) is 1. The molecule has 0 saturated heterocycles. The lowest BCUT2D eigenvalue weighted by molar-refractivity contribution is 0.0379. The molecule has 0 saturated carbocycles. The first kappa shape index (κ1) is 17.8. The molecule has 26 heavy (non-hydrogen) atoms. The van der Waals surface area contributed by atoms with Gasteiger partial charge in [0.25, 0.3) is 0 Å². The molecule has 3 aromatic rings. The quantitative estimate of drug-likeness (QED) is 0.689. The molecular formula is C20H20FN3O2. The van der Waals surface area contributed by atoms with Crippen LogP contribution in [0.2, 0.25) is 0 Å². The van der Waals surface area contributed by atoms with Gasteiger partial charge in [0.05, 0.1) is 11.8 Å². The minimum Gasteiger partial charge on any atom is -0.459 e. The summed E-state index contributed by atoms with van der Waals surface area (Å²) in [5.41, 5.74) is 3.36. The van der Waals surface area contributed by atoms with Crippen molar-refractivity contribution in [3.05, 3.63) is 59.2 Å². The highest BCUT2D eigenvalue weighted by Gasteiger charge is 2.19. The van der Waals surface area contributed by atoms with Crippen LogP contribution in [-0.2, 0) is 4.74 Å². The van der Waals surface area contributed by atoms with Gasteiger partial charge in [0, 0.05) is 23.0 Å². The van der Waals surface area contributed by atoms with Crippen molar-refractivity contribution < 1.29 is 13.9 Å². The lowest BCUT2D eigenvalue weighted by Crippen LogP contribution is -2.14. The molecule has 0 amide bonds.